The zero-order valence-corrected chi connectivity index (χ0v) is 8.90. The van der Waals surface area contributed by atoms with Crippen LogP contribution in [-0.4, -0.2) is 20.2 Å². The molecule has 72 valence electrons. The van der Waals surface area contributed by atoms with Crippen molar-refractivity contribution in [2.24, 2.45) is 11.3 Å². The molecule has 0 aromatic heterocycles. The molecule has 1 rings (SSSR count). The fraction of sp³-hybridized carbons (Fsp3) is 1.00. The van der Waals surface area contributed by atoms with Crippen LogP contribution in [0.15, 0.2) is 0 Å². The molecular weight excluding hydrogens is 174 g/mol. The van der Waals surface area contributed by atoms with Gasteiger partial charge in [0.15, 0.2) is 0 Å². The minimum atomic E-state index is -2.98. The molecule has 12 heavy (non-hydrogen) atoms. The van der Waals surface area contributed by atoms with E-state index in [0.29, 0.717) is 0 Å². The van der Waals surface area contributed by atoms with E-state index in [2.05, 4.69) is 25.5 Å². The first-order valence-electron chi connectivity index (χ1n) is 4.22. The third kappa shape index (κ3) is 1.98. The van der Waals surface area contributed by atoms with Crippen molar-refractivity contribution in [2.75, 3.05) is 5.75 Å². The second-order valence-corrected chi connectivity index (χ2v) is 6.52. The van der Waals surface area contributed by atoms with Crippen LogP contribution in [0, 0.1) is 11.3 Å². The lowest BCUT2D eigenvalue weighted by molar-refractivity contribution is 0.258. The summed E-state index contributed by atoms with van der Waals surface area (Å²) < 4.78 is 25.1. The van der Waals surface area contributed by atoms with Gasteiger partial charge in [-0.15, -0.1) is 0 Å². The van der Waals surface area contributed by atoms with E-state index < -0.39 is 10.0 Å². The summed E-state index contributed by atoms with van der Waals surface area (Å²) in [5, 5.41) is 0. The monoisotopic (exact) mass is 191 g/mol. The Kier molecular flexibility index (Phi) is 2.25. The van der Waals surface area contributed by atoms with Gasteiger partial charge in [0.05, 0.1) is 5.75 Å². The SMILES string of the molecule is C[C@H]1CS(=O)(=O)N[C@H]1C(C)(C)C. The molecule has 1 aliphatic heterocycles. The van der Waals surface area contributed by atoms with Crippen LogP contribution < -0.4 is 4.72 Å². The second-order valence-electron chi connectivity index (χ2n) is 4.72. The predicted octanol–water partition coefficient (Wildman–Crippen LogP) is 0.970. The van der Waals surface area contributed by atoms with E-state index in [4.69, 9.17) is 0 Å². The predicted molar refractivity (Wildman–Crippen MR) is 49.3 cm³/mol. The van der Waals surface area contributed by atoms with Crippen LogP contribution in [0.4, 0.5) is 0 Å². The van der Waals surface area contributed by atoms with E-state index in [0.717, 1.165) is 0 Å². The molecule has 1 N–H and O–H groups in total. The van der Waals surface area contributed by atoms with Crippen LogP contribution in [0.3, 0.4) is 0 Å². The van der Waals surface area contributed by atoms with Crippen molar-refractivity contribution in [3.8, 4) is 0 Å². The van der Waals surface area contributed by atoms with E-state index in [1.807, 2.05) is 6.92 Å². The van der Waals surface area contributed by atoms with E-state index >= 15 is 0 Å². The summed E-state index contributed by atoms with van der Waals surface area (Å²) in [6.45, 7) is 8.15. The van der Waals surface area contributed by atoms with Crippen LogP contribution in [0.5, 0.6) is 0 Å². The van der Waals surface area contributed by atoms with Crippen molar-refractivity contribution in [1.29, 1.82) is 0 Å². The normalized spacial score (nSPS) is 35.3. The third-order valence-electron chi connectivity index (χ3n) is 2.29. The molecule has 0 bridgehead atoms. The summed E-state index contributed by atoms with van der Waals surface area (Å²) in [4.78, 5) is 0. The van der Waals surface area contributed by atoms with Crippen molar-refractivity contribution < 1.29 is 8.42 Å². The molecule has 0 spiro atoms. The highest BCUT2D eigenvalue weighted by Crippen LogP contribution is 2.30. The first-order chi connectivity index (χ1) is 5.22. The van der Waals surface area contributed by atoms with E-state index in [9.17, 15) is 8.42 Å². The molecule has 1 fully saturated rings. The largest absolute Gasteiger partial charge is 0.212 e. The lowest BCUT2D eigenvalue weighted by Gasteiger charge is -2.29. The average molecular weight is 191 g/mol. The Labute approximate surface area is 74.6 Å². The molecule has 0 aromatic carbocycles. The number of hydrogen-bond donors (Lipinski definition) is 1. The Morgan fingerprint density at radius 1 is 1.33 bits per heavy atom. The average Bonchev–Trinajstić information content (AvgIpc) is 2.03. The third-order valence-corrected chi connectivity index (χ3v) is 3.87. The lowest BCUT2D eigenvalue weighted by atomic mass is 9.81. The van der Waals surface area contributed by atoms with Crippen molar-refractivity contribution >= 4 is 10.0 Å². The fourth-order valence-corrected chi connectivity index (χ4v) is 3.78. The van der Waals surface area contributed by atoms with E-state index in [1.165, 1.54) is 0 Å². The molecular formula is C8H17NO2S. The van der Waals surface area contributed by atoms with Gasteiger partial charge in [0.1, 0.15) is 0 Å². The summed E-state index contributed by atoms with van der Waals surface area (Å²) in [6.07, 6.45) is 0. The number of rotatable bonds is 0. The maximum atomic E-state index is 11.2. The van der Waals surface area contributed by atoms with Crippen LogP contribution >= 0.6 is 0 Å². The van der Waals surface area contributed by atoms with Gasteiger partial charge in [-0.3, -0.25) is 0 Å². The standard InChI is InChI=1S/C8H17NO2S/c1-6-5-12(10,11)9-7(6)8(2,3)4/h6-7,9H,5H2,1-4H3/t6-,7+/m0/s1. The minimum Gasteiger partial charge on any atom is -0.212 e. The van der Waals surface area contributed by atoms with Gasteiger partial charge < -0.3 is 0 Å². The van der Waals surface area contributed by atoms with Gasteiger partial charge in [0, 0.05) is 6.04 Å². The Bertz CT molecular complexity index is 263. The Balaban J connectivity index is 2.85. The maximum absolute atomic E-state index is 11.2. The Morgan fingerprint density at radius 2 is 1.83 bits per heavy atom. The van der Waals surface area contributed by atoms with Crippen LogP contribution in [0.2, 0.25) is 0 Å². The molecule has 4 heteroatoms. The molecule has 0 aromatic rings. The minimum absolute atomic E-state index is 0.0169. The summed E-state index contributed by atoms with van der Waals surface area (Å²) >= 11 is 0. The van der Waals surface area contributed by atoms with Gasteiger partial charge >= 0.3 is 0 Å². The smallest absolute Gasteiger partial charge is 0.212 e. The van der Waals surface area contributed by atoms with E-state index in [1.54, 1.807) is 0 Å². The number of sulfonamides is 1. The maximum Gasteiger partial charge on any atom is 0.212 e. The van der Waals surface area contributed by atoms with Crippen molar-refractivity contribution in [1.82, 2.24) is 4.72 Å². The summed E-state index contributed by atoms with van der Waals surface area (Å²) in [5.41, 5.74) is 0.0169. The Morgan fingerprint density at radius 3 is 2.00 bits per heavy atom. The number of hydrogen-bond acceptors (Lipinski definition) is 2. The molecule has 3 nitrogen and oxygen atoms in total. The van der Waals surface area contributed by atoms with Crippen LogP contribution in [0.25, 0.3) is 0 Å². The van der Waals surface area contributed by atoms with Crippen LogP contribution in [-0.2, 0) is 10.0 Å². The zero-order valence-electron chi connectivity index (χ0n) is 8.09. The first-order valence-corrected chi connectivity index (χ1v) is 5.87. The van der Waals surface area contributed by atoms with Gasteiger partial charge in [0.2, 0.25) is 10.0 Å². The molecule has 0 unspecified atom stereocenters. The Hall–Kier alpha value is -0.0900. The van der Waals surface area contributed by atoms with Crippen molar-refractivity contribution in [2.45, 2.75) is 33.7 Å². The van der Waals surface area contributed by atoms with Crippen molar-refractivity contribution in [3.63, 3.8) is 0 Å². The zero-order chi connectivity index (χ0) is 9.57. The second kappa shape index (κ2) is 2.70. The quantitative estimate of drug-likeness (QED) is 0.620. The highest BCUT2D eigenvalue weighted by Gasteiger charge is 2.40. The van der Waals surface area contributed by atoms with Gasteiger partial charge in [-0.05, 0) is 11.3 Å². The highest BCUT2D eigenvalue weighted by atomic mass is 32.2. The topological polar surface area (TPSA) is 46.2 Å². The number of nitrogens with one attached hydrogen (secondary N) is 1. The molecule has 0 aliphatic carbocycles. The molecule has 1 heterocycles. The highest BCUT2D eigenvalue weighted by molar-refractivity contribution is 7.89. The van der Waals surface area contributed by atoms with Gasteiger partial charge in [-0.1, -0.05) is 27.7 Å². The van der Waals surface area contributed by atoms with E-state index in [-0.39, 0.29) is 23.1 Å². The molecule has 2 atom stereocenters. The van der Waals surface area contributed by atoms with Gasteiger partial charge in [0.25, 0.3) is 0 Å². The molecule has 0 amide bonds. The van der Waals surface area contributed by atoms with Gasteiger partial charge in [-0.25, -0.2) is 13.1 Å². The van der Waals surface area contributed by atoms with Crippen molar-refractivity contribution in [3.05, 3.63) is 0 Å². The molecule has 1 saturated heterocycles. The molecule has 0 radical (unpaired) electrons. The summed E-state index contributed by atoms with van der Waals surface area (Å²) in [6, 6.07) is 0.0856. The summed E-state index contributed by atoms with van der Waals surface area (Å²) in [5.74, 6) is 0.490. The van der Waals surface area contributed by atoms with Crippen LogP contribution in [0.1, 0.15) is 27.7 Å². The molecule has 1 aliphatic rings. The van der Waals surface area contributed by atoms with Gasteiger partial charge in [-0.2, -0.15) is 0 Å². The summed E-state index contributed by atoms with van der Waals surface area (Å²) in [7, 11) is -2.98. The fourth-order valence-electron chi connectivity index (χ4n) is 1.83. The lowest BCUT2D eigenvalue weighted by Crippen LogP contribution is -2.39. The first kappa shape index (κ1) is 9.99. The molecule has 0 saturated carbocycles.